The van der Waals surface area contributed by atoms with E-state index in [9.17, 15) is 18.0 Å². The molecule has 1 aliphatic heterocycles. The maximum Gasteiger partial charge on any atom is 0.230 e. The SMILES string of the molecule is CS(=O)(=O)c1cccc(Cl)c1.NC(=O)C1CC1C(=O)N1CCCc2cc(Cl)cc(Cl)c21. The van der Waals surface area contributed by atoms with E-state index in [1.807, 2.05) is 6.07 Å². The molecular weight excluding hydrogens is 483 g/mol. The van der Waals surface area contributed by atoms with E-state index in [0.29, 0.717) is 28.0 Å². The van der Waals surface area contributed by atoms with Crippen molar-refractivity contribution in [1.29, 1.82) is 0 Å². The second-order valence-corrected chi connectivity index (χ2v) is 10.9. The van der Waals surface area contributed by atoms with Crippen LogP contribution in [-0.2, 0) is 25.8 Å². The molecule has 2 unspecified atom stereocenters. The predicted octanol–water partition coefficient (Wildman–Crippen LogP) is 4.14. The number of nitrogens with zero attached hydrogens (tertiary/aromatic N) is 1. The molecule has 6 nitrogen and oxygen atoms in total. The summed E-state index contributed by atoms with van der Waals surface area (Å²) >= 11 is 17.8. The number of fused-ring (bicyclic) bond motifs is 1. The lowest BCUT2D eigenvalue weighted by Crippen LogP contribution is -2.37. The summed E-state index contributed by atoms with van der Waals surface area (Å²) in [5.41, 5.74) is 6.97. The van der Waals surface area contributed by atoms with Gasteiger partial charge in [-0.3, -0.25) is 9.59 Å². The summed E-state index contributed by atoms with van der Waals surface area (Å²) in [4.78, 5) is 25.6. The molecule has 1 fully saturated rings. The number of hydrogen-bond acceptors (Lipinski definition) is 4. The molecule has 1 heterocycles. The zero-order valence-corrected chi connectivity index (χ0v) is 19.7. The van der Waals surface area contributed by atoms with Crippen LogP contribution in [0.2, 0.25) is 15.1 Å². The standard InChI is InChI=1S/C14H14Cl2N2O2.C7H7ClO2S/c15-8-4-7-2-1-3-18(12(7)11(16)5-8)14(20)10-6-9(10)13(17)19;1-11(9,10)7-4-2-3-6(8)5-7/h4-5,9-10H,1-3,6H2,(H2,17,19);2-5H,1H3. The minimum Gasteiger partial charge on any atom is -0.369 e. The molecule has 1 aliphatic carbocycles. The van der Waals surface area contributed by atoms with Crippen molar-refractivity contribution in [2.75, 3.05) is 17.7 Å². The second kappa shape index (κ2) is 9.36. The first-order chi connectivity index (χ1) is 14.5. The maximum atomic E-state index is 12.5. The Kier molecular flexibility index (Phi) is 7.21. The highest BCUT2D eigenvalue weighted by Gasteiger charge is 2.49. The monoisotopic (exact) mass is 502 g/mol. The molecule has 2 aromatic carbocycles. The molecule has 0 bridgehead atoms. The van der Waals surface area contributed by atoms with Gasteiger partial charge in [0.15, 0.2) is 9.84 Å². The first kappa shape index (κ1) is 23.9. The Labute approximate surface area is 196 Å². The molecule has 0 aromatic heterocycles. The third kappa shape index (κ3) is 5.71. The molecule has 0 radical (unpaired) electrons. The summed E-state index contributed by atoms with van der Waals surface area (Å²) in [6, 6.07) is 9.68. The molecule has 2 amide bonds. The van der Waals surface area contributed by atoms with Gasteiger partial charge in [0.2, 0.25) is 11.8 Å². The zero-order valence-electron chi connectivity index (χ0n) is 16.6. The van der Waals surface area contributed by atoms with Crippen molar-refractivity contribution in [3.63, 3.8) is 0 Å². The Morgan fingerprint density at radius 1 is 1.06 bits per heavy atom. The number of sulfone groups is 1. The molecule has 4 rings (SSSR count). The highest BCUT2D eigenvalue weighted by atomic mass is 35.5. The Bertz CT molecular complexity index is 1140. The maximum absolute atomic E-state index is 12.5. The van der Waals surface area contributed by atoms with Gasteiger partial charge in [-0.2, -0.15) is 0 Å². The van der Waals surface area contributed by atoms with Crippen LogP contribution in [0.3, 0.4) is 0 Å². The molecule has 0 saturated heterocycles. The predicted molar refractivity (Wildman–Crippen MR) is 122 cm³/mol. The normalized spacial score (nSPS) is 19.7. The Hall–Kier alpha value is -1.80. The van der Waals surface area contributed by atoms with E-state index in [4.69, 9.17) is 40.5 Å². The van der Waals surface area contributed by atoms with Crippen LogP contribution < -0.4 is 10.6 Å². The Morgan fingerprint density at radius 2 is 1.77 bits per heavy atom. The smallest absolute Gasteiger partial charge is 0.230 e. The first-order valence-corrected chi connectivity index (χ1v) is 12.6. The van der Waals surface area contributed by atoms with Gasteiger partial charge in [0.1, 0.15) is 0 Å². The van der Waals surface area contributed by atoms with E-state index in [1.165, 1.54) is 12.1 Å². The van der Waals surface area contributed by atoms with Crippen LogP contribution in [0, 0.1) is 11.8 Å². The third-order valence-corrected chi connectivity index (χ3v) is 7.02. The molecule has 0 spiro atoms. The van der Waals surface area contributed by atoms with Crippen molar-refractivity contribution >= 4 is 62.1 Å². The van der Waals surface area contributed by atoms with Gasteiger partial charge in [0.25, 0.3) is 0 Å². The van der Waals surface area contributed by atoms with Crippen LogP contribution >= 0.6 is 34.8 Å². The molecule has 1 saturated carbocycles. The van der Waals surface area contributed by atoms with Crippen LogP contribution in [0.1, 0.15) is 18.4 Å². The number of primary amides is 1. The fourth-order valence-corrected chi connectivity index (χ4v) is 5.11. The Balaban J connectivity index is 0.000000210. The number of aryl methyl sites for hydroxylation is 1. The number of halogens is 3. The van der Waals surface area contributed by atoms with Crippen molar-refractivity contribution in [1.82, 2.24) is 0 Å². The minimum absolute atomic E-state index is 0.0565. The molecule has 31 heavy (non-hydrogen) atoms. The number of nitrogens with two attached hydrogens (primary N) is 1. The van der Waals surface area contributed by atoms with E-state index in [2.05, 4.69) is 0 Å². The number of anilines is 1. The van der Waals surface area contributed by atoms with E-state index in [0.717, 1.165) is 30.3 Å². The molecule has 2 N–H and O–H groups in total. The van der Waals surface area contributed by atoms with E-state index in [-0.39, 0.29) is 22.6 Å². The number of carbonyl (C=O) groups is 2. The summed E-state index contributed by atoms with van der Waals surface area (Å²) in [6.45, 7) is 0.620. The molecule has 166 valence electrons. The highest BCUT2D eigenvalue weighted by Crippen LogP contribution is 2.44. The lowest BCUT2D eigenvalue weighted by atomic mass is 10.0. The summed E-state index contributed by atoms with van der Waals surface area (Å²) in [6.07, 6.45) is 3.41. The van der Waals surface area contributed by atoms with Gasteiger partial charge in [-0.1, -0.05) is 40.9 Å². The van der Waals surface area contributed by atoms with Crippen molar-refractivity contribution in [2.45, 2.75) is 24.2 Å². The van der Waals surface area contributed by atoms with Gasteiger partial charge in [-0.25, -0.2) is 8.42 Å². The largest absolute Gasteiger partial charge is 0.369 e. The van der Waals surface area contributed by atoms with Gasteiger partial charge >= 0.3 is 0 Å². The number of amides is 2. The number of benzene rings is 2. The average Bonchev–Trinajstić information content (AvgIpc) is 3.48. The van der Waals surface area contributed by atoms with Crippen LogP contribution in [0.4, 0.5) is 5.69 Å². The van der Waals surface area contributed by atoms with Crippen LogP contribution in [0.15, 0.2) is 41.3 Å². The van der Waals surface area contributed by atoms with Gasteiger partial charge in [0, 0.05) is 22.8 Å². The Morgan fingerprint density at radius 3 is 2.32 bits per heavy atom. The quantitative estimate of drug-likeness (QED) is 0.681. The minimum atomic E-state index is -3.11. The number of carbonyl (C=O) groups excluding carboxylic acids is 2. The first-order valence-electron chi connectivity index (χ1n) is 9.53. The summed E-state index contributed by atoms with van der Waals surface area (Å²) in [5, 5.41) is 1.49. The van der Waals surface area contributed by atoms with Crippen LogP contribution in [0.25, 0.3) is 0 Å². The van der Waals surface area contributed by atoms with Crippen molar-refractivity contribution in [2.24, 2.45) is 17.6 Å². The van der Waals surface area contributed by atoms with Crippen molar-refractivity contribution in [3.05, 3.63) is 57.0 Å². The zero-order chi connectivity index (χ0) is 22.9. The third-order valence-electron chi connectivity index (χ3n) is 5.17. The van der Waals surface area contributed by atoms with Crippen molar-refractivity contribution in [3.8, 4) is 0 Å². The number of hydrogen-bond donors (Lipinski definition) is 1. The van der Waals surface area contributed by atoms with E-state index >= 15 is 0 Å². The van der Waals surface area contributed by atoms with Crippen LogP contribution in [-0.4, -0.2) is 33.0 Å². The molecule has 10 heteroatoms. The number of rotatable bonds is 3. The fraction of sp³-hybridized carbons (Fsp3) is 0.333. The highest BCUT2D eigenvalue weighted by molar-refractivity contribution is 7.90. The lowest BCUT2D eigenvalue weighted by Gasteiger charge is -2.30. The van der Waals surface area contributed by atoms with Crippen LogP contribution in [0.5, 0.6) is 0 Å². The van der Waals surface area contributed by atoms with Crippen molar-refractivity contribution < 1.29 is 18.0 Å². The van der Waals surface area contributed by atoms with E-state index < -0.39 is 15.7 Å². The topological polar surface area (TPSA) is 97.5 Å². The second-order valence-electron chi connectivity index (χ2n) is 7.57. The molecule has 2 aromatic rings. The molecule has 2 aliphatic rings. The van der Waals surface area contributed by atoms with E-state index in [1.54, 1.807) is 23.1 Å². The summed E-state index contributed by atoms with van der Waals surface area (Å²) < 4.78 is 21.9. The lowest BCUT2D eigenvalue weighted by molar-refractivity contribution is -0.124. The van der Waals surface area contributed by atoms with Gasteiger partial charge in [0.05, 0.1) is 27.4 Å². The molecular formula is C21H21Cl3N2O4S. The average molecular weight is 504 g/mol. The van der Waals surface area contributed by atoms with Gasteiger partial charge in [-0.15, -0.1) is 0 Å². The summed E-state index contributed by atoms with van der Waals surface area (Å²) in [7, 11) is -3.11. The van der Waals surface area contributed by atoms with Gasteiger partial charge in [-0.05, 0) is 55.2 Å². The van der Waals surface area contributed by atoms with Gasteiger partial charge < -0.3 is 10.6 Å². The summed E-state index contributed by atoms with van der Waals surface area (Å²) in [5.74, 6) is -1.06. The fourth-order valence-electron chi connectivity index (χ4n) is 3.55. The molecule has 2 atom stereocenters.